The molecular formula is C15H17NO2. The normalized spacial score (nSPS) is 10.9. The minimum Gasteiger partial charge on any atom is -0.469 e. The zero-order valence-electron chi connectivity index (χ0n) is 10.9. The third kappa shape index (κ3) is 2.50. The standard InChI is InChI=1S/C15H17NO2/c1-10(2)12-5-4-11-6-7-16-14(13(11)8-12)9-15(17)18-3/h4-8,10H,9H2,1-3H3. The number of nitrogens with zero attached hydrogens (tertiary/aromatic N) is 1. The van der Waals surface area contributed by atoms with Gasteiger partial charge in [0.2, 0.25) is 0 Å². The van der Waals surface area contributed by atoms with E-state index in [4.69, 9.17) is 4.74 Å². The van der Waals surface area contributed by atoms with Crippen LogP contribution in [0, 0.1) is 0 Å². The molecule has 2 rings (SSSR count). The quantitative estimate of drug-likeness (QED) is 0.778. The number of aromatic nitrogens is 1. The molecule has 18 heavy (non-hydrogen) atoms. The Bertz CT molecular complexity index is 576. The minimum atomic E-state index is -0.259. The van der Waals surface area contributed by atoms with Crippen LogP contribution in [0.1, 0.15) is 31.0 Å². The van der Waals surface area contributed by atoms with Gasteiger partial charge < -0.3 is 4.74 Å². The van der Waals surface area contributed by atoms with Gasteiger partial charge in [0.05, 0.1) is 19.2 Å². The first-order chi connectivity index (χ1) is 8.61. The molecule has 0 atom stereocenters. The molecular weight excluding hydrogens is 226 g/mol. The van der Waals surface area contributed by atoms with Crippen molar-refractivity contribution in [1.29, 1.82) is 0 Å². The highest BCUT2D eigenvalue weighted by molar-refractivity contribution is 5.88. The lowest BCUT2D eigenvalue weighted by molar-refractivity contribution is -0.139. The van der Waals surface area contributed by atoms with E-state index < -0.39 is 0 Å². The van der Waals surface area contributed by atoms with Gasteiger partial charge in [0.15, 0.2) is 0 Å². The Morgan fingerprint density at radius 3 is 2.78 bits per heavy atom. The number of fused-ring (bicyclic) bond motifs is 1. The molecule has 1 aromatic heterocycles. The minimum absolute atomic E-state index is 0.218. The number of benzene rings is 1. The average molecular weight is 243 g/mol. The fourth-order valence-corrected chi connectivity index (χ4v) is 1.96. The summed E-state index contributed by atoms with van der Waals surface area (Å²) in [4.78, 5) is 15.7. The maximum absolute atomic E-state index is 11.4. The highest BCUT2D eigenvalue weighted by atomic mass is 16.5. The first kappa shape index (κ1) is 12.6. The van der Waals surface area contributed by atoms with Crippen LogP contribution in [0.25, 0.3) is 10.8 Å². The summed E-state index contributed by atoms with van der Waals surface area (Å²) < 4.78 is 4.70. The van der Waals surface area contributed by atoms with Crippen LogP contribution in [0.3, 0.4) is 0 Å². The van der Waals surface area contributed by atoms with Crippen LogP contribution in [-0.2, 0) is 16.0 Å². The van der Waals surface area contributed by atoms with E-state index in [1.54, 1.807) is 6.20 Å². The van der Waals surface area contributed by atoms with Crippen LogP contribution in [0.2, 0.25) is 0 Å². The van der Waals surface area contributed by atoms with Crippen molar-refractivity contribution in [2.75, 3.05) is 7.11 Å². The Morgan fingerprint density at radius 1 is 1.33 bits per heavy atom. The van der Waals surface area contributed by atoms with Gasteiger partial charge in [-0.2, -0.15) is 0 Å². The maximum atomic E-state index is 11.4. The summed E-state index contributed by atoms with van der Waals surface area (Å²) in [5.41, 5.74) is 2.03. The number of ether oxygens (including phenoxy) is 1. The number of hydrogen-bond donors (Lipinski definition) is 0. The Balaban J connectivity index is 2.51. The molecule has 0 bridgehead atoms. The van der Waals surface area contributed by atoms with E-state index in [0.29, 0.717) is 5.92 Å². The molecule has 0 unspecified atom stereocenters. The second-order valence-corrected chi connectivity index (χ2v) is 4.65. The van der Waals surface area contributed by atoms with E-state index in [0.717, 1.165) is 16.5 Å². The molecule has 0 amide bonds. The topological polar surface area (TPSA) is 39.2 Å². The number of methoxy groups -OCH3 is 1. The zero-order valence-corrected chi connectivity index (χ0v) is 10.9. The van der Waals surface area contributed by atoms with Crippen LogP contribution in [0.5, 0.6) is 0 Å². The van der Waals surface area contributed by atoms with Crippen LogP contribution in [-0.4, -0.2) is 18.1 Å². The van der Waals surface area contributed by atoms with Gasteiger partial charge in [-0.05, 0) is 29.0 Å². The first-order valence-electron chi connectivity index (χ1n) is 6.06. The fraction of sp³-hybridized carbons (Fsp3) is 0.333. The fourth-order valence-electron chi connectivity index (χ4n) is 1.96. The van der Waals surface area contributed by atoms with Gasteiger partial charge in [-0.25, -0.2) is 0 Å². The van der Waals surface area contributed by atoms with E-state index >= 15 is 0 Å². The Labute approximate surface area is 107 Å². The van der Waals surface area contributed by atoms with Gasteiger partial charge in [0.1, 0.15) is 0 Å². The zero-order chi connectivity index (χ0) is 13.1. The van der Waals surface area contributed by atoms with Crippen LogP contribution in [0.15, 0.2) is 30.5 Å². The van der Waals surface area contributed by atoms with E-state index in [9.17, 15) is 4.79 Å². The van der Waals surface area contributed by atoms with Crippen molar-refractivity contribution in [3.8, 4) is 0 Å². The molecule has 0 saturated heterocycles. The van der Waals surface area contributed by atoms with Crippen LogP contribution in [0.4, 0.5) is 0 Å². The molecule has 0 N–H and O–H groups in total. The number of esters is 1. The lowest BCUT2D eigenvalue weighted by Gasteiger charge is -2.09. The predicted octanol–water partition coefficient (Wildman–Crippen LogP) is 3.07. The molecule has 0 saturated carbocycles. The van der Waals surface area contributed by atoms with Crippen molar-refractivity contribution in [3.63, 3.8) is 0 Å². The highest BCUT2D eigenvalue weighted by Crippen LogP contribution is 2.23. The second-order valence-electron chi connectivity index (χ2n) is 4.65. The van der Waals surface area contributed by atoms with Gasteiger partial charge in [0.25, 0.3) is 0 Å². The van der Waals surface area contributed by atoms with Crippen LogP contribution < -0.4 is 0 Å². The van der Waals surface area contributed by atoms with Crippen molar-refractivity contribution >= 4 is 16.7 Å². The molecule has 2 aromatic rings. The molecule has 3 heteroatoms. The molecule has 3 nitrogen and oxygen atoms in total. The number of rotatable bonds is 3. The number of carbonyl (C=O) groups is 1. The molecule has 0 spiro atoms. The van der Waals surface area contributed by atoms with Gasteiger partial charge >= 0.3 is 5.97 Å². The van der Waals surface area contributed by atoms with Gasteiger partial charge in [-0.1, -0.05) is 26.0 Å². The molecule has 0 radical (unpaired) electrons. The van der Waals surface area contributed by atoms with Gasteiger partial charge in [-0.3, -0.25) is 9.78 Å². The summed E-state index contributed by atoms with van der Waals surface area (Å²) in [5.74, 6) is 0.200. The monoisotopic (exact) mass is 243 g/mol. The number of hydrogen-bond acceptors (Lipinski definition) is 3. The Morgan fingerprint density at radius 2 is 2.11 bits per heavy atom. The lowest BCUT2D eigenvalue weighted by Crippen LogP contribution is -2.06. The van der Waals surface area contributed by atoms with E-state index in [1.807, 2.05) is 6.07 Å². The van der Waals surface area contributed by atoms with Crippen molar-refractivity contribution < 1.29 is 9.53 Å². The summed E-state index contributed by atoms with van der Waals surface area (Å²) >= 11 is 0. The van der Waals surface area contributed by atoms with Gasteiger partial charge in [0, 0.05) is 11.6 Å². The van der Waals surface area contributed by atoms with Crippen molar-refractivity contribution in [2.45, 2.75) is 26.2 Å². The Hall–Kier alpha value is -1.90. The lowest BCUT2D eigenvalue weighted by atomic mass is 9.98. The highest BCUT2D eigenvalue weighted by Gasteiger charge is 2.09. The molecule has 0 aliphatic heterocycles. The van der Waals surface area contributed by atoms with E-state index in [2.05, 4.69) is 37.0 Å². The largest absolute Gasteiger partial charge is 0.469 e. The molecule has 0 fully saturated rings. The van der Waals surface area contributed by atoms with E-state index in [1.165, 1.54) is 12.7 Å². The smallest absolute Gasteiger partial charge is 0.311 e. The molecule has 0 aliphatic rings. The van der Waals surface area contributed by atoms with E-state index in [-0.39, 0.29) is 12.4 Å². The first-order valence-corrected chi connectivity index (χ1v) is 6.06. The summed E-state index contributed by atoms with van der Waals surface area (Å²) in [6, 6.07) is 8.27. The predicted molar refractivity (Wildman–Crippen MR) is 71.6 cm³/mol. The molecule has 94 valence electrons. The van der Waals surface area contributed by atoms with Crippen molar-refractivity contribution in [1.82, 2.24) is 4.98 Å². The third-order valence-corrected chi connectivity index (χ3v) is 3.08. The summed E-state index contributed by atoms with van der Waals surface area (Å²) in [6.45, 7) is 4.30. The summed E-state index contributed by atoms with van der Waals surface area (Å²) in [5, 5.41) is 2.14. The second kappa shape index (κ2) is 5.17. The summed E-state index contributed by atoms with van der Waals surface area (Å²) in [6.07, 6.45) is 1.95. The van der Waals surface area contributed by atoms with Crippen molar-refractivity contribution in [3.05, 3.63) is 41.7 Å². The number of pyridine rings is 1. The summed E-state index contributed by atoms with van der Waals surface area (Å²) in [7, 11) is 1.40. The van der Waals surface area contributed by atoms with Crippen molar-refractivity contribution in [2.24, 2.45) is 0 Å². The SMILES string of the molecule is COC(=O)Cc1nccc2ccc(C(C)C)cc12. The van der Waals surface area contributed by atoms with Crippen LogP contribution >= 0.6 is 0 Å². The Kier molecular flexibility index (Phi) is 3.60. The van der Waals surface area contributed by atoms with Gasteiger partial charge in [-0.15, -0.1) is 0 Å². The molecule has 1 heterocycles. The maximum Gasteiger partial charge on any atom is 0.311 e. The molecule has 0 aliphatic carbocycles. The average Bonchev–Trinajstić information content (AvgIpc) is 2.38. The number of carbonyl (C=O) groups excluding carboxylic acids is 1. The molecule has 1 aromatic carbocycles. The third-order valence-electron chi connectivity index (χ3n) is 3.08.